The minimum atomic E-state index is -0.653. The molecular formula is C59H60N4O8S2. The molecule has 1 amide bonds. The lowest BCUT2D eigenvalue weighted by molar-refractivity contribution is -0.120. The van der Waals surface area contributed by atoms with Gasteiger partial charge in [-0.05, 0) is 130 Å². The Balaban J connectivity index is 0.000000218. The van der Waals surface area contributed by atoms with Crippen LogP contribution in [0, 0.1) is 27.7 Å². The highest BCUT2D eigenvalue weighted by atomic mass is 32.1. The molecule has 4 heterocycles. The van der Waals surface area contributed by atoms with Gasteiger partial charge in [-0.3, -0.25) is 19.6 Å². The largest absolute Gasteiger partial charge is 0.456 e. The van der Waals surface area contributed by atoms with E-state index < -0.39 is 23.6 Å². The summed E-state index contributed by atoms with van der Waals surface area (Å²) in [6.45, 7) is 13.7. The fraction of sp³-hybridized carbons (Fsp3) is 0.271. The number of rotatable bonds is 17. The van der Waals surface area contributed by atoms with Crippen molar-refractivity contribution in [3.63, 3.8) is 0 Å². The Hall–Kier alpha value is -7.39. The van der Waals surface area contributed by atoms with Gasteiger partial charge < -0.3 is 25.3 Å². The van der Waals surface area contributed by atoms with E-state index in [1.807, 2.05) is 131 Å². The molecule has 0 spiro atoms. The van der Waals surface area contributed by atoms with Crippen LogP contribution in [0.5, 0.6) is 0 Å². The van der Waals surface area contributed by atoms with Gasteiger partial charge >= 0.3 is 18.0 Å². The third kappa shape index (κ3) is 14.8. The van der Waals surface area contributed by atoms with E-state index in [1.54, 1.807) is 51.5 Å². The quantitative estimate of drug-likeness (QED) is 0.0655. The van der Waals surface area contributed by atoms with E-state index in [0.717, 1.165) is 74.4 Å². The van der Waals surface area contributed by atoms with Crippen LogP contribution in [0.4, 0.5) is 4.79 Å². The molecular weight excluding hydrogens is 957 g/mol. The fourth-order valence-corrected chi connectivity index (χ4v) is 10.4. The third-order valence-corrected chi connectivity index (χ3v) is 14.3. The second kappa shape index (κ2) is 24.4. The van der Waals surface area contributed by atoms with Crippen molar-refractivity contribution in [2.75, 3.05) is 13.1 Å². The van der Waals surface area contributed by atoms with Crippen LogP contribution < -0.4 is 11.1 Å². The molecule has 0 aliphatic rings. The lowest BCUT2D eigenvalue weighted by atomic mass is 9.95. The first kappa shape index (κ1) is 53.4. The Bertz CT molecular complexity index is 3280. The Morgan fingerprint density at radius 2 is 1.04 bits per heavy atom. The number of hydrogen-bond acceptors (Lipinski definition) is 13. The number of alkyl carbamates (subject to hydrolysis) is 1. The number of nitrogens with two attached hydrogens (primary N) is 1. The number of benzene rings is 4. The van der Waals surface area contributed by atoms with Crippen LogP contribution in [0.1, 0.15) is 106 Å². The van der Waals surface area contributed by atoms with E-state index in [9.17, 15) is 24.0 Å². The average molecular weight is 1020 g/mol. The summed E-state index contributed by atoms with van der Waals surface area (Å²) in [6.07, 6.45) is 7.00. The minimum absolute atomic E-state index is 0.0369. The molecule has 73 heavy (non-hydrogen) atoms. The van der Waals surface area contributed by atoms with E-state index in [4.69, 9.17) is 19.9 Å². The van der Waals surface area contributed by atoms with E-state index in [-0.39, 0.29) is 56.2 Å². The molecule has 4 aromatic carbocycles. The fourth-order valence-electron chi connectivity index (χ4n) is 8.25. The van der Waals surface area contributed by atoms with Crippen molar-refractivity contribution < 1.29 is 38.2 Å². The number of ketones is 2. The van der Waals surface area contributed by atoms with Crippen molar-refractivity contribution in [3.05, 3.63) is 198 Å². The first-order valence-corrected chi connectivity index (χ1v) is 25.6. The van der Waals surface area contributed by atoms with Crippen molar-refractivity contribution in [2.24, 2.45) is 5.73 Å². The standard InChI is InChI=1S/C32H34N2O5S.C27H26N2O3S/c1-20-6-10-26(21(2)14-20)30(36)38-19-25-9-11-29(40-25)27(18-34-31(37)39-32(3,4)5)28(35)16-22-7-8-24-17-33-13-12-23(24)15-22;1-17-3-7-23(18(2)11-17)27(31)32-16-22-6-8-26(33-22)24(14-28)25(30)13-19-4-5-21-15-29-10-9-20(21)12-19/h6-15,17,27H,16,18-19H2,1-5H3,(H,34,37);3-12,15,24H,13-14,16,28H2,1-2H3. The SMILES string of the molecule is Cc1ccc(C(=O)OCc2ccc(C(CN)C(=O)Cc3ccc4cnccc4c3)s2)c(C)c1.Cc1ccc(C(=O)OCc2ccc(C(CNC(=O)OC(C)(C)C)C(=O)Cc3ccc4cnccc4c3)s2)c(C)c1. The summed E-state index contributed by atoms with van der Waals surface area (Å²) >= 11 is 2.86. The smallest absolute Gasteiger partial charge is 0.407 e. The summed E-state index contributed by atoms with van der Waals surface area (Å²) in [5, 5.41) is 6.87. The molecule has 4 aromatic heterocycles. The first-order chi connectivity index (χ1) is 34.9. The van der Waals surface area contributed by atoms with Gasteiger partial charge in [0.15, 0.2) is 0 Å². The van der Waals surface area contributed by atoms with Crippen molar-refractivity contribution in [2.45, 2.75) is 92.0 Å². The topological polar surface area (TPSA) is 177 Å². The summed E-state index contributed by atoms with van der Waals surface area (Å²) in [5.74, 6) is -1.67. The van der Waals surface area contributed by atoms with Crippen LogP contribution in [0.3, 0.4) is 0 Å². The van der Waals surface area contributed by atoms with Gasteiger partial charge in [-0.25, -0.2) is 14.4 Å². The number of carbonyl (C=O) groups is 5. The molecule has 3 N–H and O–H groups in total. The Morgan fingerprint density at radius 3 is 1.49 bits per heavy atom. The second-order valence-electron chi connectivity index (χ2n) is 19.0. The highest BCUT2D eigenvalue weighted by molar-refractivity contribution is 7.12. The zero-order valence-corrected chi connectivity index (χ0v) is 43.8. The number of thiophene rings is 2. The molecule has 8 aromatic rings. The summed E-state index contributed by atoms with van der Waals surface area (Å²) in [7, 11) is 0. The van der Waals surface area contributed by atoms with Gasteiger partial charge in [0.05, 0.1) is 23.0 Å². The number of fused-ring (bicyclic) bond motifs is 2. The predicted molar refractivity (Wildman–Crippen MR) is 288 cm³/mol. The van der Waals surface area contributed by atoms with E-state index >= 15 is 0 Å². The lowest BCUT2D eigenvalue weighted by Gasteiger charge is -2.21. The number of hydrogen-bond donors (Lipinski definition) is 2. The number of esters is 2. The van der Waals surface area contributed by atoms with E-state index in [0.29, 0.717) is 17.5 Å². The van der Waals surface area contributed by atoms with Crippen LogP contribution in [-0.2, 0) is 49.9 Å². The number of amides is 1. The Kier molecular flexibility index (Phi) is 17.8. The van der Waals surface area contributed by atoms with Gasteiger partial charge in [0, 0.05) is 81.0 Å². The van der Waals surface area contributed by atoms with Crippen LogP contribution in [0.2, 0.25) is 0 Å². The highest BCUT2D eigenvalue weighted by Gasteiger charge is 2.26. The van der Waals surface area contributed by atoms with E-state index in [2.05, 4.69) is 15.3 Å². The average Bonchev–Trinajstić information content (AvgIpc) is 4.02. The maximum atomic E-state index is 13.6. The van der Waals surface area contributed by atoms with Gasteiger partial charge in [0.25, 0.3) is 0 Å². The number of carbonyl (C=O) groups excluding carboxylic acids is 5. The highest BCUT2D eigenvalue weighted by Crippen LogP contribution is 2.30. The van der Waals surface area contributed by atoms with Gasteiger partial charge in [-0.1, -0.05) is 71.8 Å². The number of ether oxygens (including phenoxy) is 3. The number of pyridine rings is 2. The summed E-state index contributed by atoms with van der Waals surface area (Å²) in [6, 6.07) is 34.4. The van der Waals surface area contributed by atoms with Crippen LogP contribution in [0.15, 0.2) is 134 Å². The van der Waals surface area contributed by atoms with Crippen molar-refractivity contribution in [3.8, 4) is 0 Å². The Morgan fingerprint density at radius 1 is 0.575 bits per heavy atom. The maximum Gasteiger partial charge on any atom is 0.407 e. The molecule has 2 atom stereocenters. The predicted octanol–water partition coefficient (Wildman–Crippen LogP) is 11.8. The van der Waals surface area contributed by atoms with Crippen LogP contribution in [-0.4, -0.2) is 58.3 Å². The zero-order valence-electron chi connectivity index (χ0n) is 42.2. The maximum absolute atomic E-state index is 13.6. The molecule has 14 heteroatoms. The number of aryl methyl sites for hydroxylation is 4. The monoisotopic (exact) mass is 1020 g/mol. The molecule has 0 saturated carbocycles. The number of aromatic nitrogens is 2. The summed E-state index contributed by atoms with van der Waals surface area (Å²) < 4.78 is 16.5. The van der Waals surface area contributed by atoms with Crippen molar-refractivity contribution >= 4 is 73.8 Å². The van der Waals surface area contributed by atoms with Gasteiger partial charge in [0.1, 0.15) is 30.4 Å². The molecule has 0 radical (unpaired) electrons. The molecule has 0 fully saturated rings. The molecule has 0 bridgehead atoms. The van der Waals surface area contributed by atoms with E-state index in [1.165, 1.54) is 22.7 Å². The Labute approximate surface area is 434 Å². The number of nitrogens with one attached hydrogen (secondary N) is 1. The summed E-state index contributed by atoms with van der Waals surface area (Å²) in [5.41, 5.74) is 12.2. The minimum Gasteiger partial charge on any atom is -0.456 e. The van der Waals surface area contributed by atoms with Crippen molar-refractivity contribution in [1.82, 2.24) is 15.3 Å². The second-order valence-corrected chi connectivity index (χ2v) is 21.4. The normalized spacial score (nSPS) is 12.1. The molecule has 376 valence electrons. The van der Waals surface area contributed by atoms with Gasteiger partial charge in [0.2, 0.25) is 0 Å². The number of Topliss-reactive ketones (excluding diaryl/α,β-unsaturated/α-hetero) is 2. The first-order valence-electron chi connectivity index (χ1n) is 24.0. The molecule has 2 unspecified atom stereocenters. The van der Waals surface area contributed by atoms with Crippen molar-refractivity contribution in [1.29, 1.82) is 0 Å². The molecule has 0 aliphatic heterocycles. The van der Waals surface area contributed by atoms with Gasteiger partial charge in [-0.15, -0.1) is 22.7 Å². The molecule has 8 rings (SSSR count). The molecule has 0 aliphatic carbocycles. The van der Waals surface area contributed by atoms with Gasteiger partial charge in [-0.2, -0.15) is 0 Å². The molecule has 0 saturated heterocycles. The lowest BCUT2D eigenvalue weighted by Crippen LogP contribution is -2.36. The number of nitrogens with zero attached hydrogens (tertiary/aromatic N) is 2. The molecule has 12 nitrogen and oxygen atoms in total. The van der Waals surface area contributed by atoms with Crippen LogP contribution >= 0.6 is 22.7 Å². The summed E-state index contributed by atoms with van der Waals surface area (Å²) in [4.78, 5) is 75.7. The zero-order chi connectivity index (χ0) is 52.2. The third-order valence-electron chi connectivity index (χ3n) is 12.0. The van der Waals surface area contributed by atoms with Crippen LogP contribution in [0.25, 0.3) is 21.5 Å².